The van der Waals surface area contributed by atoms with Crippen LogP contribution >= 0.6 is 0 Å². The van der Waals surface area contributed by atoms with Gasteiger partial charge in [0.15, 0.2) is 5.79 Å². The summed E-state index contributed by atoms with van der Waals surface area (Å²) in [5.74, 6) is -1.69. The van der Waals surface area contributed by atoms with E-state index in [1.165, 1.54) is 32.1 Å². The smallest absolute Gasteiger partial charge is 0.184 e. The van der Waals surface area contributed by atoms with Crippen molar-refractivity contribution in [1.29, 1.82) is 0 Å². The Balaban J connectivity index is 2.30. The topological polar surface area (TPSA) is 116 Å². The zero-order valence-corrected chi connectivity index (χ0v) is 13.7. The molecule has 132 valence electrons. The van der Waals surface area contributed by atoms with Gasteiger partial charge in [0.1, 0.15) is 18.3 Å². The summed E-state index contributed by atoms with van der Waals surface area (Å²) in [6.07, 6.45) is 5.73. The van der Waals surface area contributed by atoms with Crippen LogP contribution in [-0.2, 0) is 4.74 Å². The fraction of sp³-hybridized carbons (Fsp3) is 1.00. The number of unbranched alkanes of at least 4 members (excludes halogenated alkanes) is 7. The van der Waals surface area contributed by atoms with Gasteiger partial charge in [-0.25, -0.2) is 0 Å². The molecule has 0 aromatic carbocycles. The second-order valence-corrected chi connectivity index (χ2v) is 6.42. The van der Waals surface area contributed by atoms with Crippen molar-refractivity contribution >= 4 is 0 Å². The van der Waals surface area contributed by atoms with Gasteiger partial charge in [-0.05, 0) is 6.42 Å². The van der Waals surface area contributed by atoms with E-state index in [2.05, 4.69) is 6.92 Å². The summed E-state index contributed by atoms with van der Waals surface area (Å²) in [4.78, 5) is 0. The molecule has 0 aromatic heterocycles. The molecule has 22 heavy (non-hydrogen) atoms. The van der Waals surface area contributed by atoms with Crippen LogP contribution in [-0.4, -0.2) is 57.2 Å². The Hall–Kier alpha value is -0.240. The maximum absolute atomic E-state index is 10.5. The van der Waals surface area contributed by atoms with Crippen molar-refractivity contribution < 1.29 is 25.2 Å². The van der Waals surface area contributed by atoms with Crippen LogP contribution < -0.4 is 5.73 Å². The molecule has 1 fully saturated rings. The van der Waals surface area contributed by atoms with Crippen LogP contribution in [0.4, 0.5) is 0 Å². The van der Waals surface area contributed by atoms with Gasteiger partial charge in [-0.3, -0.25) is 0 Å². The van der Waals surface area contributed by atoms with Crippen molar-refractivity contribution in [2.75, 3.05) is 6.61 Å². The molecule has 0 radical (unpaired) electrons. The summed E-state index contributed by atoms with van der Waals surface area (Å²) in [5.41, 5.74) is 5.79. The van der Waals surface area contributed by atoms with Gasteiger partial charge in [-0.1, -0.05) is 51.9 Å². The van der Waals surface area contributed by atoms with Crippen molar-refractivity contribution in [2.24, 2.45) is 5.73 Å². The Labute approximate surface area is 133 Å². The first kappa shape index (κ1) is 19.8. The highest BCUT2D eigenvalue weighted by Crippen LogP contribution is 2.31. The highest BCUT2D eigenvalue weighted by Gasteiger charge is 2.50. The van der Waals surface area contributed by atoms with Gasteiger partial charge in [0.2, 0.25) is 0 Å². The van der Waals surface area contributed by atoms with Gasteiger partial charge in [-0.2, -0.15) is 0 Å². The zero-order valence-electron chi connectivity index (χ0n) is 13.7. The molecule has 6 heteroatoms. The first-order valence-corrected chi connectivity index (χ1v) is 8.59. The minimum absolute atomic E-state index is 0.295. The van der Waals surface area contributed by atoms with Crippen molar-refractivity contribution in [3.63, 3.8) is 0 Å². The minimum atomic E-state index is -1.69. The molecule has 1 aliphatic rings. The number of aliphatic hydroxyl groups excluding tert-OH is 3. The minimum Gasteiger partial charge on any atom is -0.394 e. The fourth-order valence-corrected chi connectivity index (χ4v) is 2.99. The lowest BCUT2D eigenvalue weighted by molar-refractivity contribution is -0.316. The number of aliphatic hydroxyl groups is 4. The third kappa shape index (κ3) is 5.44. The molecule has 1 unspecified atom stereocenters. The van der Waals surface area contributed by atoms with Crippen molar-refractivity contribution in [1.82, 2.24) is 0 Å². The Kier molecular flexibility index (Phi) is 8.82. The van der Waals surface area contributed by atoms with E-state index in [1.54, 1.807) is 0 Å². The van der Waals surface area contributed by atoms with Crippen LogP contribution in [0.2, 0.25) is 0 Å². The lowest BCUT2D eigenvalue weighted by atomic mass is 9.88. The van der Waals surface area contributed by atoms with Gasteiger partial charge in [-0.15, -0.1) is 0 Å². The molecule has 1 saturated heterocycles. The van der Waals surface area contributed by atoms with Gasteiger partial charge < -0.3 is 30.9 Å². The molecule has 0 bridgehead atoms. The highest BCUT2D eigenvalue weighted by atomic mass is 16.6. The third-order valence-corrected chi connectivity index (χ3v) is 4.54. The summed E-state index contributed by atoms with van der Waals surface area (Å²) < 4.78 is 5.35. The molecule has 6 N–H and O–H groups in total. The SMILES string of the molecule is CCCCCCCCCCC1(O)O[C@H](CO)[C@@H](O)[C@H](O)[C@H]1N. The van der Waals surface area contributed by atoms with Crippen LogP contribution in [0.1, 0.15) is 64.7 Å². The maximum Gasteiger partial charge on any atom is 0.184 e. The van der Waals surface area contributed by atoms with Crippen LogP contribution in [0.3, 0.4) is 0 Å². The summed E-state index contributed by atoms with van der Waals surface area (Å²) in [6.45, 7) is 1.73. The molecular weight excluding hydrogens is 286 g/mol. The summed E-state index contributed by atoms with van der Waals surface area (Å²) in [6, 6.07) is -1.07. The standard InChI is InChI=1S/C16H33NO5/c1-2-3-4-5-6-7-8-9-10-16(21)15(17)14(20)13(19)12(11-18)22-16/h12-15,18-21H,2-11,17H2,1H3/t12-,13-,14+,15-,16?/m1/s1. The van der Waals surface area contributed by atoms with E-state index in [1.807, 2.05) is 0 Å². The van der Waals surface area contributed by atoms with Crippen LogP contribution in [0, 0.1) is 0 Å². The van der Waals surface area contributed by atoms with Crippen LogP contribution in [0.25, 0.3) is 0 Å². The largest absolute Gasteiger partial charge is 0.394 e. The average molecular weight is 319 g/mol. The zero-order chi connectivity index (χ0) is 16.6. The molecule has 5 atom stereocenters. The molecule has 0 spiro atoms. The summed E-state index contributed by atoms with van der Waals surface area (Å²) in [7, 11) is 0. The Morgan fingerprint density at radius 3 is 2.05 bits per heavy atom. The second kappa shape index (κ2) is 9.80. The van der Waals surface area contributed by atoms with Gasteiger partial charge >= 0.3 is 0 Å². The number of nitrogens with two attached hydrogens (primary N) is 1. The molecule has 0 aliphatic carbocycles. The normalized spacial score (nSPS) is 35.7. The maximum atomic E-state index is 10.5. The Morgan fingerprint density at radius 2 is 1.50 bits per heavy atom. The van der Waals surface area contributed by atoms with Crippen LogP contribution in [0.5, 0.6) is 0 Å². The van der Waals surface area contributed by atoms with Crippen molar-refractivity contribution in [3.8, 4) is 0 Å². The molecule has 0 saturated carbocycles. The van der Waals surface area contributed by atoms with E-state index in [0.29, 0.717) is 6.42 Å². The third-order valence-electron chi connectivity index (χ3n) is 4.54. The van der Waals surface area contributed by atoms with Gasteiger partial charge in [0.05, 0.1) is 12.6 Å². The quantitative estimate of drug-likeness (QED) is 0.377. The van der Waals surface area contributed by atoms with E-state index < -0.39 is 36.7 Å². The molecule has 1 rings (SSSR count). The van der Waals surface area contributed by atoms with Gasteiger partial charge in [0, 0.05) is 6.42 Å². The van der Waals surface area contributed by atoms with E-state index in [9.17, 15) is 15.3 Å². The summed E-state index contributed by atoms with van der Waals surface area (Å²) >= 11 is 0. The first-order chi connectivity index (χ1) is 10.5. The second-order valence-electron chi connectivity index (χ2n) is 6.42. The molecule has 0 amide bonds. The van der Waals surface area contributed by atoms with E-state index in [0.717, 1.165) is 19.3 Å². The molecule has 1 heterocycles. The lowest BCUT2D eigenvalue weighted by Gasteiger charge is -2.46. The Morgan fingerprint density at radius 1 is 0.955 bits per heavy atom. The van der Waals surface area contributed by atoms with E-state index >= 15 is 0 Å². The summed E-state index contributed by atoms with van der Waals surface area (Å²) in [5, 5.41) is 39.2. The monoisotopic (exact) mass is 319 g/mol. The van der Waals surface area contributed by atoms with Gasteiger partial charge in [0.25, 0.3) is 0 Å². The number of hydrogen-bond acceptors (Lipinski definition) is 6. The molecule has 1 aliphatic heterocycles. The predicted molar refractivity (Wildman–Crippen MR) is 84.1 cm³/mol. The molecular formula is C16H33NO5. The highest BCUT2D eigenvalue weighted by molar-refractivity contribution is 4.98. The van der Waals surface area contributed by atoms with Crippen LogP contribution in [0.15, 0.2) is 0 Å². The Bertz CT molecular complexity index is 302. The number of hydrogen-bond donors (Lipinski definition) is 5. The van der Waals surface area contributed by atoms with Crippen molar-refractivity contribution in [3.05, 3.63) is 0 Å². The average Bonchev–Trinajstić information content (AvgIpc) is 2.52. The van der Waals surface area contributed by atoms with Crippen molar-refractivity contribution in [2.45, 2.75) is 94.9 Å². The molecule has 0 aromatic rings. The fourth-order valence-electron chi connectivity index (χ4n) is 2.99. The van der Waals surface area contributed by atoms with E-state index in [4.69, 9.17) is 15.6 Å². The molecule has 6 nitrogen and oxygen atoms in total. The lowest BCUT2D eigenvalue weighted by Crippen LogP contribution is -2.68. The number of rotatable bonds is 10. The number of ether oxygens (including phenoxy) is 1. The van der Waals surface area contributed by atoms with E-state index in [-0.39, 0.29) is 0 Å². The predicted octanol–water partition coefficient (Wildman–Crippen LogP) is 0.646. The first-order valence-electron chi connectivity index (χ1n) is 8.59.